The fourth-order valence-corrected chi connectivity index (χ4v) is 3.92. The molecule has 2 fully saturated rings. The van der Waals surface area contributed by atoms with Crippen molar-refractivity contribution in [3.8, 4) is 0 Å². The molecule has 0 aromatic carbocycles. The van der Waals surface area contributed by atoms with Crippen LogP contribution >= 0.6 is 0 Å². The van der Waals surface area contributed by atoms with Crippen LogP contribution in [-0.2, 0) is 6.42 Å². The molecule has 0 bridgehead atoms. The third-order valence-electron chi connectivity index (χ3n) is 5.95. The summed E-state index contributed by atoms with van der Waals surface area (Å²) in [6.45, 7) is 4.57. The van der Waals surface area contributed by atoms with E-state index in [0.29, 0.717) is 23.5 Å². The molecule has 5 nitrogen and oxygen atoms in total. The first-order valence-electron chi connectivity index (χ1n) is 9.45. The Bertz CT molecular complexity index is 577. The maximum Gasteiger partial charge on any atom is 0.252 e. The molecular weight excluding hydrogens is 300 g/mol. The van der Waals surface area contributed by atoms with Gasteiger partial charge < -0.3 is 11.1 Å². The number of hydrogen-bond donors (Lipinski definition) is 2. The van der Waals surface area contributed by atoms with E-state index in [4.69, 9.17) is 5.73 Å². The first-order chi connectivity index (χ1) is 11.5. The van der Waals surface area contributed by atoms with Crippen LogP contribution in [0.4, 0.5) is 5.95 Å². The Hall–Kier alpha value is -1.65. The molecule has 1 heterocycles. The third-order valence-corrected chi connectivity index (χ3v) is 5.95. The van der Waals surface area contributed by atoms with E-state index in [0.717, 1.165) is 36.8 Å². The smallest absolute Gasteiger partial charge is 0.252 e. The fourth-order valence-electron chi connectivity index (χ4n) is 3.92. The summed E-state index contributed by atoms with van der Waals surface area (Å²) in [7, 11) is 0. The van der Waals surface area contributed by atoms with Gasteiger partial charge >= 0.3 is 0 Å². The molecule has 3 rings (SSSR count). The van der Waals surface area contributed by atoms with Crippen molar-refractivity contribution in [3.63, 3.8) is 0 Å². The van der Waals surface area contributed by atoms with Gasteiger partial charge in [0.2, 0.25) is 5.95 Å². The Labute approximate surface area is 144 Å². The van der Waals surface area contributed by atoms with Crippen LogP contribution in [0.5, 0.6) is 0 Å². The second kappa shape index (κ2) is 7.49. The average molecular weight is 330 g/mol. The molecule has 1 aromatic rings. The van der Waals surface area contributed by atoms with Crippen molar-refractivity contribution in [2.45, 2.75) is 71.3 Å². The van der Waals surface area contributed by atoms with Gasteiger partial charge in [0.15, 0.2) is 0 Å². The van der Waals surface area contributed by atoms with E-state index in [1.54, 1.807) is 6.20 Å². The van der Waals surface area contributed by atoms with Gasteiger partial charge in [0.25, 0.3) is 5.91 Å². The van der Waals surface area contributed by atoms with E-state index >= 15 is 0 Å². The summed E-state index contributed by atoms with van der Waals surface area (Å²) in [5, 5.41) is 3.46. The fraction of sp³-hybridized carbons (Fsp3) is 0.737. The monoisotopic (exact) mass is 330 g/mol. The summed E-state index contributed by atoms with van der Waals surface area (Å²) in [5.41, 5.74) is 6.81. The largest absolute Gasteiger partial charge is 0.365 e. The topological polar surface area (TPSA) is 80.9 Å². The summed E-state index contributed by atoms with van der Waals surface area (Å²) in [6.07, 6.45) is 11.2. The van der Waals surface area contributed by atoms with Crippen LogP contribution in [0.2, 0.25) is 0 Å². The molecule has 0 unspecified atom stereocenters. The van der Waals surface area contributed by atoms with Gasteiger partial charge in [-0.25, -0.2) is 9.97 Å². The van der Waals surface area contributed by atoms with E-state index in [9.17, 15) is 4.79 Å². The highest BCUT2D eigenvalue weighted by molar-refractivity contribution is 5.93. The Morgan fingerprint density at radius 3 is 2.58 bits per heavy atom. The molecule has 5 heteroatoms. The quantitative estimate of drug-likeness (QED) is 0.836. The predicted molar refractivity (Wildman–Crippen MR) is 95.8 cm³/mol. The van der Waals surface area contributed by atoms with Gasteiger partial charge in [0.05, 0.1) is 11.3 Å². The molecule has 3 N–H and O–H groups in total. The molecule has 2 saturated carbocycles. The number of rotatable bonds is 6. The van der Waals surface area contributed by atoms with Crippen molar-refractivity contribution in [2.24, 2.45) is 23.5 Å². The summed E-state index contributed by atoms with van der Waals surface area (Å²) < 4.78 is 0. The minimum absolute atomic E-state index is 0.427. The average Bonchev–Trinajstić information content (AvgIpc) is 2.47. The van der Waals surface area contributed by atoms with Crippen LogP contribution in [0.15, 0.2) is 6.20 Å². The number of anilines is 1. The van der Waals surface area contributed by atoms with Gasteiger partial charge in [-0.2, -0.15) is 0 Å². The van der Waals surface area contributed by atoms with Crippen LogP contribution in [0.3, 0.4) is 0 Å². The zero-order valence-corrected chi connectivity index (χ0v) is 14.9. The lowest BCUT2D eigenvalue weighted by atomic mass is 9.75. The minimum atomic E-state index is -0.427. The van der Waals surface area contributed by atoms with E-state index in [1.807, 2.05) is 0 Å². The van der Waals surface area contributed by atoms with E-state index < -0.39 is 5.91 Å². The molecular formula is C19H30N4O. The van der Waals surface area contributed by atoms with Crippen LogP contribution in [-0.4, -0.2) is 21.9 Å². The first-order valence-corrected chi connectivity index (χ1v) is 9.45. The normalized spacial score (nSPS) is 25.8. The standard InChI is InChI=1S/C19H30N4O/c1-12-6-8-15(9-7-12)22-19-21-11-16(18(20)24)17(23-19)10-13(2)14-4-3-5-14/h11-15H,3-10H2,1-2H3,(H2,20,24)(H,21,22,23)/t12?,13-,15?/m1/s1. The SMILES string of the molecule is CC1CCC(Nc2ncc(C(N)=O)c(C[C@@H](C)C3CCC3)n2)CC1. The molecule has 2 aliphatic rings. The lowest BCUT2D eigenvalue weighted by molar-refractivity contribution is 0.0998. The van der Waals surface area contributed by atoms with Crippen LogP contribution in [0, 0.1) is 17.8 Å². The summed E-state index contributed by atoms with van der Waals surface area (Å²) in [4.78, 5) is 20.7. The highest BCUT2D eigenvalue weighted by atomic mass is 16.1. The Morgan fingerprint density at radius 2 is 2.00 bits per heavy atom. The highest BCUT2D eigenvalue weighted by Crippen LogP contribution is 2.35. The van der Waals surface area contributed by atoms with Crippen LogP contribution < -0.4 is 11.1 Å². The van der Waals surface area contributed by atoms with Gasteiger partial charge in [-0.15, -0.1) is 0 Å². The molecule has 0 aliphatic heterocycles. The lowest BCUT2D eigenvalue weighted by Crippen LogP contribution is -2.27. The van der Waals surface area contributed by atoms with Crippen LogP contribution in [0.25, 0.3) is 0 Å². The zero-order valence-electron chi connectivity index (χ0n) is 14.9. The second-order valence-electron chi connectivity index (χ2n) is 7.89. The number of aromatic nitrogens is 2. The molecule has 24 heavy (non-hydrogen) atoms. The van der Waals surface area contributed by atoms with Crippen molar-refractivity contribution in [1.82, 2.24) is 9.97 Å². The number of carbonyl (C=O) groups is 1. The number of hydrogen-bond acceptors (Lipinski definition) is 4. The number of nitrogens with one attached hydrogen (secondary N) is 1. The van der Waals surface area contributed by atoms with Gasteiger partial charge in [0, 0.05) is 12.2 Å². The Morgan fingerprint density at radius 1 is 1.29 bits per heavy atom. The zero-order chi connectivity index (χ0) is 17.1. The second-order valence-corrected chi connectivity index (χ2v) is 7.89. The number of nitrogens with two attached hydrogens (primary N) is 1. The molecule has 1 aromatic heterocycles. The van der Waals surface area contributed by atoms with E-state index in [1.165, 1.54) is 32.1 Å². The maximum atomic E-state index is 11.7. The number of nitrogens with zero attached hydrogens (tertiary/aromatic N) is 2. The van der Waals surface area contributed by atoms with Crippen LogP contribution in [0.1, 0.15) is 74.8 Å². The highest BCUT2D eigenvalue weighted by Gasteiger charge is 2.26. The third kappa shape index (κ3) is 4.05. The molecule has 0 saturated heterocycles. The molecule has 1 atom stereocenters. The van der Waals surface area contributed by atoms with E-state index in [2.05, 4.69) is 29.1 Å². The Balaban J connectivity index is 1.71. The van der Waals surface area contributed by atoms with Crippen molar-refractivity contribution < 1.29 is 4.79 Å². The summed E-state index contributed by atoms with van der Waals surface area (Å²) in [6, 6.07) is 0.442. The number of amides is 1. The summed E-state index contributed by atoms with van der Waals surface area (Å²) >= 11 is 0. The maximum absolute atomic E-state index is 11.7. The van der Waals surface area contributed by atoms with Gasteiger partial charge in [-0.3, -0.25) is 4.79 Å². The Kier molecular flexibility index (Phi) is 5.36. The predicted octanol–water partition coefficient (Wildman–Crippen LogP) is 3.54. The van der Waals surface area contributed by atoms with Gasteiger partial charge in [0.1, 0.15) is 0 Å². The first kappa shape index (κ1) is 17.2. The van der Waals surface area contributed by atoms with Crippen molar-refractivity contribution in [1.29, 1.82) is 0 Å². The van der Waals surface area contributed by atoms with Crippen molar-refractivity contribution in [3.05, 3.63) is 17.5 Å². The molecule has 0 spiro atoms. The van der Waals surface area contributed by atoms with Gasteiger partial charge in [-0.1, -0.05) is 33.1 Å². The van der Waals surface area contributed by atoms with Crippen molar-refractivity contribution >= 4 is 11.9 Å². The minimum Gasteiger partial charge on any atom is -0.365 e. The molecule has 1 amide bonds. The molecule has 0 radical (unpaired) electrons. The molecule has 2 aliphatic carbocycles. The van der Waals surface area contributed by atoms with Gasteiger partial charge in [-0.05, 0) is 49.9 Å². The van der Waals surface area contributed by atoms with E-state index in [-0.39, 0.29) is 0 Å². The van der Waals surface area contributed by atoms with Crippen molar-refractivity contribution in [2.75, 3.05) is 5.32 Å². The summed E-state index contributed by atoms with van der Waals surface area (Å²) in [5.74, 6) is 2.34. The lowest BCUT2D eigenvalue weighted by Gasteiger charge is -2.31. The molecule has 132 valence electrons. The number of primary amides is 1. The number of carbonyl (C=O) groups excluding carboxylic acids is 1.